The zero-order valence-electron chi connectivity index (χ0n) is 11.7. The Hall–Kier alpha value is -1.65. The van der Waals surface area contributed by atoms with Gasteiger partial charge in [-0.15, -0.1) is 0 Å². The topological polar surface area (TPSA) is 56.3 Å². The van der Waals surface area contributed by atoms with Gasteiger partial charge in [-0.1, -0.05) is 36.9 Å². The molecule has 0 aliphatic heterocycles. The van der Waals surface area contributed by atoms with Gasteiger partial charge in [0.1, 0.15) is 6.54 Å². The molecule has 4 heteroatoms. The van der Waals surface area contributed by atoms with E-state index in [2.05, 4.69) is 44.9 Å². The van der Waals surface area contributed by atoms with Gasteiger partial charge in [0.15, 0.2) is 0 Å². The molecule has 1 N–H and O–H groups in total. The first-order chi connectivity index (χ1) is 8.53. The lowest BCUT2D eigenvalue weighted by Crippen LogP contribution is -2.40. The van der Waals surface area contributed by atoms with Gasteiger partial charge >= 0.3 is 5.97 Å². The largest absolute Gasteiger partial charge is 0.870 e. The van der Waals surface area contributed by atoms with Crippen LogP contribution in [0.3, 0.4) is 0 Å². The van der Waals surface area contributed by atoms with E-state index in [1.54, 1.807) is 0 Å². The molecule has 0 aliphatic carbocycles. The molecule has 0 aliphatic rings. The van der Waals surface area contributed by atoms with Crippen LogP contribution in [0.2, 0.25) is 0 Å². The summed E-state index contributed by atoms with van der Waals surface area (Å²) < 4.78 is 5.85. The number of nitrogens with zero attached hydrogens (tertiary/aromatic N) is 1. The Bertz CT molecular complexity index is 388. The van der Waals surface area contributed by atoms with Gasteiger partial charge in [-0.3, -0.25) is 0 Å². The Labute approximate surface area is 115 Å². The highest BCUT2D eigenvalue weighted by atomic mass is 16.5. The Morgan fingerprint density at radius 1 is 1.32 bits per heavy atom. The smallest absolute Gasteiger partial charge is 0.330 e. The zero-order valence-corrected chi connectivity index (χ0v) is 11.7. The van der Waals surface area contributed by atoms with Crippen LogP contribution < -0.4 is 0 Å². The van der Waals surface area contributed by atoms with E-state index < -0.39 is 0 Å². The van der Waals surface area contributed by atoms with Crippen molar-refractivity contribution in [1.29, 1.82) is 0 Å². The number of benzene rings is 1. The fourth-order valence-electron chi connectivity index (χ4n) is 1.88. The number of esters is 1. The van der Waals surface area contributed by atoms with Crippen molar-refractivity contribution in [2.45, 2.75) is 13.0 Å². The summed E-state index contributed by atoms with van der Waals surface area (Å²) in [5.41, 5.74) is 1.32. The quantitative estimate of drug-likeness (QED) is 0.329. The third-order valence-electron chi connectivity index (χ3n) is 2.77. The van der Waals surface area contributed by atoms with Crippen molar-refractivity contribution >= 4 is 5.97 Å². The van der Waals surface area contributed by atoms with E-state index in [0.29, 0.717) is 6.61 Å². The molecule has 0 saturated carbocycles. The van der Waals surface area contributed by atoms with E-state index in [1.807, 2.05) is 6.07 Å². The van der Waals surface area contributed by atoms with Crippen LogP contribution in [0.25, 0.3) is 0 Å². The van der Waals surface area contributed by atoms with Crippen molar-refractivity contribution in [3.63, 3.8) is 0 Å². The molecule has 0 amide bonds. The molecule has 0 unspecified atom stereocenters. The van der Waals surface area contributed by atoms with Crippen molar-refractivity contribution in [2.75, 3.05) is 27.2 Å². The SMILES string of the molecule is C=CC(=O)OCCC[N+](C)(C)Cc1ccccc1.[OH-]. The maximum atomic E-state index is 10.9. The molecule has 0 fully saturated rings. The molecule has 19 heavy (non-hydrogen) atoms. The third kappa shape index (κ3) is 7.39. The Morgan fingerprint density at radius 3 is 2.53 bits per heavy atom. The van der Waals surface area contributed by atoms with Crippen LogP contribution in [-0.4, -0.2) is 43.2 Å². The van der Waals surface area contributed by atoms with Gasteiger partial charge in [-0.05, 0) is 0 Å². The number of ether oxygens (including phenoxy) is 1. The standard InChI is InChI=1S/C15H22NO2.H2O/c1-4-15(17)18-12-8-11-16(2,3)13-14-9-6-5-7-10-14;/h4-7,9-10H,1,8,11-13H2,2-3H3;1H2/q+1;/p-1. The van der Waals surface area contributed by atoms with Gasteiger partial charge in [0, 0.05) is 18.1 Å². The molecule has 0 heterocycles. The average Bonchev–Trinajstić information content (AvgIpc) is 2.35. The third-order valence-corrected chi connectivity index (χ3v) is 2.77. The summed E-state index contributed by atoms with van der Waals surface area (Å²) >= 11 is 0. The molecular weight excluding hydrogens is 242 g/mol. The molecule has 0 spiro atoms. The molecule has 1 aromatic rings. The van der Waals surface area contributed by atoms with Gasteiger partial charge in [-0.25, -0.2) is 4.79 Å². The number of quaternary nitrogens is 1. The second-order valence-electron chi connectivity index (χ2n) is 5.03. The number of rotatable bonds is 7. The average molecular weight is 265 g/mol. The van der Waals surface area contributed by atoms with Gasteiger partial charge < -0.3 is 14.7 Å². The minimum atomic E-state index is -0.344. The van der Waals surface area contributed by atoms with E-state index in [9.17, 15) is 4.79 Å². The molecule has 0 atom stereocenters. The van der Waals surface area contributed by atoms with E-state index in [1.165, 1.54) is 11.6 Å². The van der Waals surface area contributed by atoms with Crippen molar-refractivity contribution in [3.8, 4) is 0 Å². The lowest BCUT2D eigenvalue weighted by atomic mass is 10.2. The lowest BCUT2D eigenvalue weighted by molar-refractivity contribution is -0.903. The number of carbonyl (C=O) groups excluding carboxylic acids is 1. The Morgan fingerprint density at radius 2 is 1.95 bits per heavy atom. The highest BCUT2D eigenvalue weighted by Gasteiger charge is 2.15. The lowest BCUT2D eigenvalue weighted by Gasteiger charge is -2.29. The molecule has 0 radical (unpaired) electrons. The molecule has 0 saturated heterocycles. The van der Waals surface area contributed by atoms with Crippen LogP contribution in [-0.2, 0) is 16.1 Å². The van der Waals surface area contributed by atoms with E-state index in [4.69, 9.17) is 4.74 Å². The second-order valence-corrected chi connectivity index (χ2v) is 5.03. The van der Waals surface area contributed by atoms with Gasteiger partial charge in [0.25, 0.3) is 0 Å². The first-order valence-electron chi connectivity index (χ1n) is 6.18. The molecule has 4 nitrogen and oxygen atoms in total. The normalized spacial score (nSPS) is 10.4. The van der Waals surface area contributed by atoms with Crippen LogP contribution in [0.1, 0.15) is 12.0 Å². The first-order valence-corrected chi connectivity index (χ1v) is 6.18. The number of hydrogen-bond acceptors (Lipinski definition) is 3. The Kier molecular flexibility index (Phi) is 7.72. The molecule has 0 aromatic heterocycles. The predicted molar refractivity (Wildman–Crippen MR) is 74.8 cm³/mol. The summed E-state index contributed by atoms with van der Waals surface area (Å²) in [6.45, 7) is 5.78. The summed E-state index contributed by atoms with van der Waals surface area (Å²) in [6.07, 6.45) is 2.06. The van der Waals surface area contributed by atoms with Crippen LogP contribution in [0.15, 0.2) is 43.0 Å². The maximum absolute atomic E-state index is 10.9. The van der Waals surface area contributed by atoms with Crippen LogP contribution in [0.4, 0.5) is 0 Å². The summed E-state index contributed by atoms with van der Waals surface area (Å²) in [5.74, 6) is -0.344. The second kappa shape index (κ2) is 8.45. The Balaban J connectivity index is 0.00000324. The van der Waals surface area contributed by atoms with Crippen molar-refractivity contribution < 1.29 is 19.5 Å². The first kappa shape index (κ1) is 17.4. The van der Waals surface area contributed by atoms with Crippen molar-refractivity contribution in [2.24, 2.45) is 0 Å². The molecule has 1 rings (SSSR count). The summed E-state index contributed by atoms with van der Waals surface area (Å²) in [7, 11) is 4.37. The van der Waals surface area contributed by atoms with Gasteiger partial charge in [-0.2, -0.15) is 0 Å². The summed E-state index contributed by atoms with van der Waals surface area (Å²) in [6, 6.07) is 10.4. The van der Waals surface area contributed by atoms with Crippen LogP contribution >= 0.6 is 0 Å². The fourth-order valence-corrected chi connectivity index (χ4v) is 1.88. The number of hydrogen-bond donors (Lipinski definition) is 0. The number of carbonyl (C=O) groups is 1. The predicted octanol–water partition coefficient (Wildman–Crippen LogP) is 2.21. The minimum Gasteiger partial charge on any atom is -0.870 e. The van der Waals surface area contributed by atoms with Crippen molar-refractivity contribution in [1.82, 2.24) is 0 Å². The van der Waals surface area contributed by atoms with E-state index in [-0.39, 0.29) is 11.4 Å². The van der Waals surface area contributed by atoms with Crippen LogP contribution in [0, 0.1) is 0 Å². The van der Waals surface area contributed by atoms with E-state index >= 15 is 0 Å². The fraction of sp³-hybridized carbons (Fsp3) is 0.400. The van der Waals surface area contributed by atoms with Gasteiger partial charge in [0.2, 0.25) is 0 Å². The van der Waals surface area contributed by atoms with Crippen molar-refractivity contribution in [3.05, 3.63) is 48.6 Å². The van der Waals surface area contributed by atoms with Crippen LogP contribution in [0.5, 0.6) is 0 Å². The zero-order chi connectivity index (χ0) is 13.4. The molecular formula is C15H23NO3. The minimum absolute atomic E-state index is 0. The highest BCUT2D eigenvalue weighted by molar-refractivity contribution is 5.81. The molecule has 1 aromatic carbocycles. The highest BCUT2D eigenvalue weighted by Crippen LogP contribution is 2.09. The molecule has 0 bridgehead atoms. The summed E-state index contributed by atoms with van der Waals surface area (Å²) in [5, 5.41) is 0. The van der Waals surface area contributed by atoms with E-state index in [0.717, 1.165) is 24.0 Å². The monoisotopic (exact) mass is 265 g/mol. The molecule has 106 valence electrons. The van der Waals surface area contributed by atoms with Gasteiger partial charge in [0.05, 0.1) is 27.2 Å². The summed E-state index contributed by atoms with van der Waals surface area (Å²) in [4.78, 5) is 10.9. The maximum Gasteiger partial charge on any atom is 0.330 e.